The largest absolute Gasteiger partial charge is 0.348 e. The highest BCUT2D eigenvalue weighted by Crippen LogP contribution is 2.34. The normalized spacial score (nSPS) is 15.0. The van der Waals surface area contributed by atoms with Crippen molar-refractivity contribution in [3.05, 3.63) is 106 Å². The molecule has 0 saturated heterocycles. The number of hydrogen-bond acceptors (Lipinski definition) is 6. The number of carbonyl (C=O) groups is 1. The van der Waals surface area contributed by atoms with Gasteiger partial charge in [0.25, 0.3) is 5.91 Å². The van der Waals surface area contributed by atoms with Crippen LogP contribution in [0.5, 0.6) is 0 Å². The van der Waals surface area contributed by atoms with E-state index in [0.717, 1.165) is 49.4 Å². The molecule has 0 radical (unpaired) electrons. The summed E-state index contributed by atoms with van der Waals surface area (Å²) in [6.07, 6.45) is 8.65. The quantitative estimate of drug-likeness (QED) is 0.373. The molecule has 4 aromatic rings. The molecule has 1 amide bonds. The van der Waals surface area contributed by atoms with Gasteiger partial charge in [0.1, 0.15) is 12.2 Å². The third kappa shape index (κ3) is 5.75. The van der Waals surface area contributed by atoms with Gasteiger partial charge in [0.05, 0.1) is 28.7 Å². The lowest BCUT2D eigenvalue weighted by Gasteiger charge is -2.35. The molecule has 0 aliphatic heterocycles. The number of benzene rings is 1. The summed E-state index contributed by atoms with van der Waals surface area (Å²) in [5.41, 5.74) is 7.84. The Hall–Kier alpha value is -3.91. The second-order valence-electron chi connectivity index (χ2n) is 9.77. The summed E-state index contributed by atoms with van der Waals surface area (Å²) in [5.74, 6) is 0.778. The first kappa shape index (κ1) is 24.8. The molecule has 0 saturated carbocycles. The summed E-state index contributed by atoms with van der Waals surface area (Å²) < 4.78 is 0. The highest BCUT2D eigenvalue weighted by Gasteiger charge is 2.27. The fourth-order valence-corrected chi connectivity index (χ4v) is 5.18. The number of H-pyrrole nitrogens is 1. The van der Waals surface area contributed by atoms with Gasteiger partial charge >= 0.3 is 0 Å². The Morgan fingerprint density at radius 3 is 2.49 bits per heavy atom. The SMILES string of the molecule is Cc1ncc(CN(Cc2ccc(CNC(=O)c3c(C)ncnc3C)cc2)C2CCCc3cccnc32)[nH]1. The molecule has 2 N–H and O–H groups in total. The molecule has 1 aliphatic carbocycles. The van der Waals surface area contributed by atoms with Gasteiger partial charge in [-0.25, -0.2) is 15.0 Å². The number of rotatable bonds is 8. The molecular weight excluding hydrogens is 462 g/mol. The smallest absolute Gasteiger partial charge is 0.255 e. The zero-order chi connectivity index (χ0) is 25.8. The van der Waals surface area contributed by atoms with Crippen molar-refractivity contribution in [3.63, 3.8) is 0 Å². The summed E-state index contributed by atoms with van der Waals surface area (Å²) >= 11 is 0. The summed E-state index contributed by atoms with van der Waals surface area (Å²) in [7, 11) is 0. The number of aryl methyl sites for hydroxylation is 4. The van der Waals surface area contributed by atoms with Gasteiger partial charge in [-0.15, -0.1) is 0 Å². The van der Waals surface area contributed by atoms with Crippen molar-refractivity contribution in [2.24, 2.45) is 0 Å². The minimum Gasteiger partial charge on any atom is -0.348 e. The summed E-state index contributed by atoms with van der Waals surface area (Å²) in [6.45, 7) is 7.66. The zero-order valence-corrected chi connectivity index (χ0v) is 21.7. The number of fused-ring (bicyclic) bond motifs is 1. The summed E-state index contributed by atoms with van der Waals surface area (Å²) in [4.78, 5) is 36.1. The van der Waals surface area contributed by atoms with Gasteiger partial charge in [0.15, 0.2) is 0 Å². The van der Waals surface area contributed by atoms with E-state index < -0.39 is 0 Å². The van der Waals surface area contributed by atoms with Crippen LogP contribution in [0.3, 0.4) is 0 Å². The van der Waals surface area contributed by atoms with Crippen LogP contribution in [0.15, 0.2) is 55.1 Å². The molecule has 8 heteroatoms. The van der Waals surface area contributed by atoms with Crippen molar-refractivity contribution in [2.75, 3.05) is 0 Å². The predicted octanol–water partition coefficient (Wildman–Crippen LogP) is 4.53. The molecule has 1 aliphatic rings. The maximum atomic E-state index is 12.7. The molecule has 37 heavy (non-hydrogen) atoms. The molecule has 3 aromatic heterocycles. The Labute approximate surface area is 217 Å². The molecular formula is C29H33N7O. The van der Waals surface area contributed by atoms with Crippen molar-refractivity contribution < 1.29 is 4.79 Å². The number of amides is 1. The van der Waals surface area contributed by atoms with Crippen molar-refractivity contribution in [1.82, 2.24) is 35.1 Å². The Morgan fingerprint density at radius 2 is 1.76 bits per heavy atom. The fourth-order valence-electron chi connectivity index (χ4n) is 5.18. The minimum absolute atomic E-state index is 0.149. The summed E-state index contributed by atoms with van der Waals surface area (Å²) in [6, 6.07) is 13.0. The van der Waals surface area contributed by atoms with Gasteiger partial charge < -0.3 is 10.3 Å². The Morgan fingerprint density at radius 1 is 1.00 bits per heavy atom. The van der Waals surface area contributed by atoms with E-state index in [1.165, 1.54) is 23.1 Å². The van der Waals surface area contributed by atoms with Crippen LogP contribution in [0.4, 0.5) is 0 Å². The van der Waals surface area contributed by atoms with Crippen LogP contribution in [0.25, 0.3) is 0 Å². The number of aromatic amines is 1. The van der Waals surface area contributed by atoms with Crippen LogP contribution in [-0.4, -0.2) is 35.7 Å². The lowest BCUT2D eigenvalue weighted by molar-refractivity contribution is 0.0948. The third-order valence-corrected chi connectivity index (χ3v) is 7.05. The van der Waals surface area contributed by atoms with Crippen LogP contribution in [0.1, 0.15) is 74.5 Å². The highest BCUT2D eigenvalue weighted by atomic mass is 16.1. The number of nitrogens with zero attached hydrogens (tertiary/aromatic N) is 5. The van der Waals surface area contributed by atoms with Crippen molar-refractivity contribution in [1.29, 1.82) is 0 Å². The fraction of sp³-hybridized carbons (Fsp3) is 0.345. The second-order valence-corrected chi connectivity index (χ2v) is 9.77. The molecule has 5 rings (SSSR count). The average Bonchev–Trinajstić information content (AvgIpc) is 3.32. The van der Waals surface area contributed by atoms with Crippen molar-refractivity contribution >= 4 is 5.91 Å². The van der Waals surface area contributed by atoms with Gasteiger partial charge in [-0.2, -0.15) is 0 Å². The maximum Gasteiger partial charge on any atom is 0.255 e. The van der Waals surface area contributed by atoms with Gasteiger partial charge in [0.2, 0.25) is 0 Å². The molecule has 8 nitrogen and oxygen atoms in total. The Kier molecular flexibility index (Phi) is 7.37. The van der Waals surface area contributed by atoms with E-state index in [1.807, 2.05) is 39.2 Å². The molecule has 0 spiro atoms. The lowest BCUT2D eigenvalue weighted by Crippen LogP contribution is -2.31. The number of imidazole rings is 1. The highest BCUT2D eigenvalue weighted by molar-refractivity contribution is 5.96. The van der Waals surface area contributed by atoms with Crippen LogP contribution >= 0.6 is 0 Å². The topological polar surface area (TPSA) is 99.7 Å². The molecule has 3 heterocycles. The van der Waals surface area contributed by atoms with E-state index in [1.54, 1.807) is 0 Å². The number of pyridine rings is 1. The van der Waals surface area contributed by atoms with E-state index in [2.05, 4.69) is 60.5 Å². The first-order chi connectivity index (χ1) is 18.0. The lowest BCUT2D eigenvalue weighted by atomic mass is 9.90. The average molecular weight is 496 g/mol. The first-order valence-electron chi connectivity index (χ1n) is 12.8. The second kappa shape index (κ2) is 11.0. The van der Waals surface area contributed by atoms with E-state index in [-0.39, 0.29) is 11.9 Å². The van der Waals surface area contributed by atoms with Crippen LogP contribution in [0, 0.1) is 20.8 Å². The Balaban J connectivity index is 1.30. The minimum atomic E-state index is -0.149. The van der Waals surface area contributed by atoms with Gasteiger partial charge in [-0.05, 0) is 62.8 Å². The van der Waals surface area contributed by atoms with Crippen LogP contribution < -0.4 is 5.32 Å². The predicted molar refractivity (Wildman–Crippen MR) is 142 cm³/mol. The zero-order valence-electron chi connectivity index (χ0n) is 21.7. The number of carbonyl (C=O) groups excluding carboxylic acids is 1. The Bertz CT molecular complexity index is 1360. The maximum absolute atomic E-state index is 12.7. The molecule has 1 atom stereocenters. The number of aromatic nitrogens is 5. The van der Waals surface area contributed by atoms with E-state index >= 15 is 0 Å². The number of hydrogen-bond donors (Lipinski definition) is 2. The van der Waals surface area contributed by atoms with Crippen molar-refractivity contribution in [2.45, 2.75) is 65.7 Å². The van der Waals surface area contributed by atoms with E-state index in [4.69, 9.17) is 4.98 Å². The first-order valence-corrected chi connectivity index (χ1v) is 12.8. The van der Waals surface area contributed by atoms with Gasteiger partial charge in [0, 0.05) is 37.7 Å². The molecule has 190 valence electrons. The molecule has 1 unspecified atom stereocenters. The van der Waals surface area contributed by atoms with Crippen LogP contribution in [0.2, 0.25) is 0 Å². The van der Waals surface area contributed by atoms with Crippen molar-refractivity contribution in [3.8, 4) is 0 Å². The monoisotopic (exact) mass is 495 g/mol. The number of nitrogens with one attached hydrogen (secondary N) is 2. The van der Waals surface area contributed by atoms with E-state index in [0.29, 0.717) is 23.5 Å². The summed E-state index contributed by atoms with van der Waals surface area (Å²) in [5, 5.41) is 3.01. The third-order valence-electron chi connectivity index (χ3n) is 7.05. The molecule has 0 fully saturated rings. The standard InChI is InChI=1S/C29H33N7O/c1-19-27(20(2)34-18-33-19)29(37)32-14-22-9-11-23(12-10-22)16-36(17-25-15-31-21(3)35-25)26-8-4-6-24-7-5-13-30-28(24)26/h5,7,9-13,15,18,26H,4,6,8,14,16-17H2,1-3H3,(H,31,35)(H,32,37). The van der Waals surface area contributed by atoms with Gasteiger partial charge in [-0.1, -0.05) is 30.3 Å². The van der Waals surface area contributed by atoms with E-state index in [9.17, 15) is 4.79 Å². The molecule has 0 bridgehead atoms. The van der Waals surface area contributed by atoms with Crippen LogP contribution in [-0.2, 0) is 26.1 Å². The molecule has 1 aromatic carbocycles. The van der Waals surface area contributed by atoms with Gasteiger partial charge in [-0.3, -0.25) is 14.7 Å².